The summed E-state index contributed by atoms with van der Waals surface area (Å²) in [6.45, 7) is 3.58. The fourth-order valence-corrected chi connectivity index (χ4v) is 5.80. The number of para-hydroxylation sites is 1. The van der Waals surface area contributed by atoms with Crippen molar-refractivity contribution >= 4 is 22.7 Å². The highest BCUT2D eigenvalue weighted by Gasteiger charge is 2.40. The topological polar surface area (TPSA) is 68.9 Å². The molecule has 0 saturated carbocycles. The maximum atomic E-state index is 13.8. The first kappa shape index (κ1) is 24.2. The predicted molar refractivity (Wildman–Crippen MR) is 148 cm³/mol. The quantitative estimate of drug-likeness (QED) is 0.415. The molecule has 0 spiro atoms. The van der Waals surface area contributed by atoms with Crippen molar-refractivity contribution in [2.75, 3.05) is 46.9 Å². The van der Waals surface area contributed by atoms with E-state index in [-0.39, 0.29) is 17.9 Å². The van der Waals surface area contributed by atoms with Crippen LogP contribution >= 0.6 is 0 Å². The first-order valence-electron chi connectivity index (χ1n) is 13.2. The SMILES string of the molecule is COc1cccc(-c2[nH]c3ccccc3c2C2c3ccccc3C(=O)N2CCC(=O)N2CCN(C)CC2)c1. The lowest BCUT2D eigenvalue weighted by atomic mass is 9.93. The molecule has 4 aromatic rings. The van der Waals surface area contributed by atoms with Gasteiger partial charge in [0.15, 0.2) is 0 Å². The van der Waals surface area contributed by atoms with E-state index < -0.39 is 0 Å². The monoisotopic (exact) mass is 508 g/mol. The number of nitrogens with zero attached hydrogens (tertiary/aromatic N) is 3. The van der Waals surface area contributed by atoms with Crippen molar-refractivity contribution in [3.05, 3.63) is 89.5 Å². The predicted octanol–water partition coefficient (Wildman–Crippen LogP) is 4.55. The lowest BCUT2D eigenvalue weighted by molar-refractivity contribution is -0.133. The van der Waals surface area contributed by atoms with Crippen LogP contribution < -0.4 is 4.74 Å². The molecule has 6 rings (SSSR count). The Labute approximate surface area is 222 Å². The number of piperazine rings is 1. The number of carbonyl (C=O) groups excluding carboxylic acids is 2. The van der Waals surface area contributed by atoms with Gasteiger partial charge in [-0.3, -0.25) is 9.59 Å². The van der Waals surface area contributed by atoms with Gasteiger partial charge in [-0.2, -0.15) is 0 Å². The lowest BCUT2D eigenvalue weighted by Crippen LogP contribution is -2.47. The van der Waals surface area contributed by atoms with E-state index in [4.69, 9.17) is 4.74 Å². The van der Waals surface area contributed by atoms with Crippen molar-refractivity contribution < 1.29 is 14.3 Å². The highest BCUT2D eigenvalue weighted by Crippen LogP contribution is 2.45. The van der Waals surface area contributed by atoms with Crippen molar-refractivity contribution in [3.63, 3.8) is 0 Å². The number of H-pyrrole nitrogens is 1. The number of fused-ring (bicyclic) bond motifs is 2. The van der Waals surface area contributed by atoms with Crippen LogP contribution in [-0.4, -0.2) is 78.4 Å². The minimum atomic E-state index is -0.309. The van der Waals surface area contributed by atoms with Crippen molar-refractivity contribution in [1.82, 2.24) is 19.7 Å². The summed E-state index contributed by atoms with van der Waals surface area (Å²) < 4.78 is 5.52. The van der Waals surface area contributed by atoms with Crippen LogP contribution in [0.15, 0.2) is 72.8 Å². The second-order valence-corrected chi connectivity index (χ2v) is 10.1. The van der Waals surface area contributed by atoms with Crippen LogP contribution in [0.5, 0.6) is 5.75 Å². The minimum Gasteiger partial charge on any atom is -0.497 e. The van der Waals surface area contributed by atoms with E-state index in [0.29, 0.717) is 18.5 Å². The van der Waals surface area contributed by atoms with Gasteiger partial charge in [-0.05, 0) is 36.9 Å². The Balaban J connectivity index is 1.42. The Morgan fingerprint density at radius 1 is 0.974 bits per heavy atom. The van der Waals surface area contributed by atoms with Gasteiger partial charge in [-0.25, -0.2) is 0 Å². The molecule has 2 aliphatic rings. The van der Waals surface area contributed by atoms with Gasteiger partial charge in [0, 0.05) is 66.7 Å². The molecule has 2 amide bonds. The summed E-state index contributed by atoms with van der Waals surface area (Å²) in [5.41, 5.74) is 5.66. The van der Waals surface area contributed by atoms with Gasteiger partial charge >= 0.3 is 0 Å². The number of rotatable bonds is 6. The number of aromatic amines is 1. The van der Waals surface area contributed by atoms with Gasteiger partial charge in [0.25, 0.3) is 5.91 Å². The summed E-state index contributed by atoms with van der Waals surface area (Å²) in [7, 11) is 3.74. The second-order valence-electron chi connectivity index (χ2n) is 10.1. The number of hydrogen-bond donors (Lipinski definition) is 1. The molecule has 38 heavy (non-hydrogen) atoms. The summed E-state index contributed by atoms with van der Waals surface area (Å²) >= 11 is 0. The van der Waals surface area contributed by atoms with E-state index in [1.54, 1.807) is 7.11 Å². The van der Waals surface area contributed by atoms with Crippen LogP contribution in [0.3, 0.4) is 0 Å². The number of ether oxygens (including phenoxy) is 1. The summed E-state index contributed by atoms with van der Waals surface area (Å²) in [4.78, 5) is 36.6. The molecule has 0 radical (unpaired) electrons. The summed E-state index contributed by atoms with van der Waals surface area (Å²) in [6.07, 6.45) is 0.302. The number of likely N-dealkylation sites (N-methyl/N-ethyl adjacent to an activating group) is 1. The van der Waals surface area contributed by atoms with Crippen LogP contribution in [0, 0.1) is 0 Å². The zero-order chi connectivity index (χ0) is 26.2. The molecule has 194 valence electrons. The maximum absolute atomic E-state index is 13.8. The molecule has 7 nitrogen and oxygen atoms in total. The molecule has 1 saturated heterocycles. The van der Waals surface area contributed by atoms with Gasteiger partial charge in [-0.15, -0.1) is 0 Å². The van der Waals surface area contributed by atoms with E-state index in [1.807, 2.05) is 64.4 Å². The summed E-state index contributed by atoms with van der Waals surface area (Å²) in [5, 5.41) is 1.07. The number of aromatic nitrogens is 1. The second kappa shape index (κ2) is 9.99. The molecular weight excluding hydrogens is 476 g/mol. The summed E-state index contributed by atoms with van der Waals surface area (Å²) in [6, 6.07) is 23.7. The van der Waals surface area contributed by atoms with Crippen LogP contribution in [0.1, 0.15) is 33.9 Å². The van der Waals surface area contributed by atoms with Crippen molar-refractivity contribution in [2.24, 2.45) is 0 Å². The Hall–Kier alpha value is -4.10. The Kier molecular flexibility index (Phi) is 6.37. The standard InChI is InChI=1S/C31H32N4O3/c1-33-16-18-34(19-17-33)27(36)14-15-35-30(23-10-3-4-11-24(23)31(35)37)28-25-12-5-6-13-26(25)32-29(28)21-8-7-9-22(20-21)38-2/h3-13,20,30,32H,14-19H2,1-2H3. The van der Waals surface area contributed by atoms with E-state index in [0.717, 1.165) is 65.2 Å². The molecular formula is C31H32N4O3. The molecule has 2 aliphatic heterocycles. The molecule has 0 bridgehead atoms. The van der Waals surface area contributed by atoms with Crippen molar-refractivity contribution in [1.29, 1.82) is 0 Å². The number of amides is 2. The zero-order valence-electron chi connectivity index (χ0n) is 21.8. The normalized spacial score (nSPS) is 17.7. The fraction of sp³-hybridized carbons (Fsp3) is 0.290. The highest BCUT2D eigenvalue weighted by molar-refractivity contribution is 6.02. The van der Waals surface area contributed by atoms with E-state index in [2.05, 4.69) is 35.1 Å². The lowest BCUT2D eigenvalue weighted by Gasteiger charge is -2.33. The average Bonchev–Trinajstić information content (AvgIpc) is 3.47. The summed E-state index contributed by atoms with van der Waals surface area (Å²) in [5.74, 6) is 0.843. The Morgan fingerprint density at radius 3 is 2.55 bits per heavy atom. The molecule has 1 atom stereocenters. The molecule has 7 heteroatoms. The largest absolute Gasteiger partial charge is 0.497 e. The Morgan fingerprint density at radius 2 is 1.74 bits per heavy atom. The van der Waals surface area contributed by atoms with Gasteiger partial charge in [0.1, 0.15) is 5.75 Å². The van der Waals surface area contributed by atoms with Crippen molar-refractivity contribution in [3.8, 4) is 17.0 Å². The zero-order valence-corrected chi connectivity index (χ0v) is 21.8. The third-order valence-electron chi connectivity index (χ3n) is 7.86. The molecule has 3 heterocycles. The third-order valence-corrected chi connectivity index (χ3v) is 7.86. The van der Waals surface area contributed by atoms with Gasteiger partial charge < -0.3 is 24.4 Å². The van der Waals surface area contributed by atoms with Crippen LogP contribution in [0.2, 0.25) is 0 Å². The number of carbonyl (C=O) groups is 2. The number of benzene rings is 3. The fourth-order valence-electron chi connectivity index (χ4n) is 5.80. The Bertz CT molecular complexity index is 1500. The molecule has 1 N–H and O–H groups in total. The van der Waals surface area contributed by atoms with Gasteiger partial charge in [0.2, 0.25) is 5.91 Å². The molecule has 1 unspecified atom stereocenters. The first-order valence-corrected chi connectivity index (χ1v) is 13.2. The minimum absolute atomic E-state index is 0.0290. The number of hydrogen-bond acceptors (Lipinski definition) is 4. The molecule has 0 aliphatic carbocycles. The van der Waals surface area contributed by atoms with Crippen LogP contribution in [-0.2, 0) is 4.79 Å². The van der Waals surface area contributed by atoms with E-state index in [9.17, 15) is 9.59 Å². The molecule has 1 aromatic heterocycles. The number of methoxy groups -OCH3 is 1. The average molecular weight is 509 g/mol. The van der Waals surface area contributed by atoms with E-state index >= 15 is 0 Å². The smallest absolute Gasteiger partial charge is 0.255 e. The highest BCUT2D eigenvalue weighted by atomic mass is 16.5. The van der Waals surface area contributed by atoms with Gasteiger partial charge in [-0.1, -0.05) is 48.5 Å². The van der Waals surface area contributed by atoms with Crippen molar-refractivity contribution in [2.45, 2.75) is 12.5 Å². The third kappa shape index (κ3) is 4.23. The molecule has 1 fully saturated rings. The van der Waals surface area contributed by atoms with Crippen LogP contribution in [0.4, 0.5) is 0 Å². The molecule has 3 aromatic carbocycles. The van der Waals surface area contributed by atoms with Gasteiger partial charge in [0.05, 0.1) is 18.8 Å². The van der Waals surface area contributed by atoms with E-state index in [1.165, 1.54) is 0 Å². The first-order chi connectivity index (χ1) is 18.5. The number of nitrogens with one attached hydrogen (secondary N) is 1. The maximum Gasteiger partial charge on any atom is 0.255 e. The van der Waals surface area contributed by atoms with Crippen LogP contribution in [0.25, 0.3) is 22.2 Å².